The highest BCUT2D eigenvalue weighted by Gasteiger charge is 2.26. The molecule has 0 spiro atoms. The molecule has 5 aromatic rings. The molecule has 7 heteroatoms. The molecule has 5 rings (SSSR count). The van der Waals surface area contributed by atoms with Gasteiger partial charge in [-0.05, 0) is 71.6 Å². The fourth-order valence-corrected chi connectivity index (χ4v) is 5.20. The van der Waals surface area contributed by atoms with E-state index in [2.05, 4.69) is 11.1 Å². The quantitative estimate of drug-likeness (QED) is 0.0931. The number of Topliss-reactive ketones (excluding diaryl/α,β-unsaturated/α-hetero) is 1. The zero-order valence-electron chi connectivity index (χ0n) is 21.5. The minimum absolute atomic E-state index is 0.0300. The summed E-state index contributed by atoms with van der Waals surface area (Å²) in [5.41, 5.74) is 11.5. The minimum Gasteiger partial charge on any atom is -0.497 e. The Morgan fingerprint density at radius 2 is 1.82 bits per heavy atom. The maximum absolute atomic E-state index is 13.3. The Balaban J connectivity index is 1.28. The molecule has 0 amide bonds. The number of nitrogen functional groups attached to an aromatic ring is 1. The largest absolute Gasteiger partial charge is 0.497 e. The highest BCUT2D eigenvalue weighted by atomic mass is 32.2. The number of fused-ring (bicyclic) bond motifs is 1. The van der Waals surface area contributed by atoms with E-state index in [0.717, 1.165) is 33.5 Å². The van der Waals surface area contributed by atoms with Gasteiger partial charge in [-0.2, -0.15) is 0 Å². The predicted octanol–water partition coefficient (Wildman–Crippen LogP) is 7.40. The highest BCUT2D eigenvalue weighted by molar-refractivity contribution is 7.98. The second-order valence-corrected chi connectivity index (χ2v) is 10.2. The molecule has 0 radical (unpaired) electrons. The summed E-state index contributed by atoms with van der Waals surface area (Å²) in [5, 5.41) is 1.60. The van der Waals surface area contributed by atoms with Crippen LogP contribution in [0.2, 0.25) is 0 Å². The molecule has 0 saturated carbocycles. The Morgan fingerprint density at radius 1 is 1.03 bits per heavy atom. The van der Waals surface area contributed by atoms with Crippen LogP contribution in [0.1, 0.15) is 41.4 Å². The lowest BCUT2D eigenvalue weighted by atomic mass is 9.84. The molecule has 2 atom stereocenters. The van der Waals surface area contributed by atoms with Gasteiger partial charge in [0.25, 0.3) is 0 Å². The summed E-state index contributed by atoms with van der Waals surface area (Å²) in [6.07, 6.45) is 1.78. The smallest absolute Gasteiger partial charge is 0.201 e. The average Bonchev–Trinajstić information content (AvgIpc) is 3.39. The van der Waals surface area contributed by atoms with E-state index in [1.807, 2.05) is 86.6 Å². The number of nitrogens with zero attached hydrogens (tertiary/aromatic N) is 2. The zero-order chi connectivity index (χ0) is 26.6. The highest BCUT2D eigenvalue weighted by Crippen LogP contribution is 2.33. The SMILES string of the molecule is COc1ccc(-c2ccnc(SCc3ccc4oc(C(=O)C(C)C(C)c5ccccc5N)cc4c3)n2)cc1. The van der Waals surface area contributed by atoms with Gasteiger partial charge in [0.1, 0.15) is 11.3 Å². The molecular formula is C31H29N3O3S. The second kappa shape index (κ2) is 11.1. The van der Waals surface area contributed by atoms with Crippen LogP contribution in [0.4, 0.5) is 5.69 Å². The third kappa shape index (κ3) is 5.43. The summed E-state index contributed by atoms with van der Waals surface area (Å²) in [6.45, 7) is 3.95. The number of ether oxygens (including phenoxy) is 1. The van der Waals surface area contributed by atoms with Crippen molar-refractivity contribution < 1.29 is 13.9 Å². The Hall–Kier alpha value is -4.10. The molecule has 0 aliphatic heterocycles. The third-order valence-corrected chi connectivity index (χ3v) is 7.79. The van der Waals surface area contributed by atoms with Crippen molar-refractivity contribution in [1.82, 2.24) is 9.97 Å². The van der Waals surface area contributed by atoms with Gasteiger partial charge < -0.3 is 14.9 Å². The van der Waals surface area contributed by atoms with Gasteiger partial charge in [-0.3, -0.25) is 4.79 Å². The minimum atomic E-state index is -0.273. The molecule has 2 heterocycles. The van der Waals surface area contributed by atoms with E-state index >= 15 is 0 Å². The average molecular weight is 524 g/mol. The van der Waals surface area contributed by atoms with Crippen LogP contribution in [0.15, 0.2) is 94.6 Å². The number of thioether (sulfide) groups is 1. The number of benzene rings is 3. The number of rotatable bonds is 9. The monoisotopic (exact) mass is 523 g/mol. The van der Waals surface area contributed by atoms with Crippen LogP contribution in [-0.4, -0.2) is 22.9 Å². The number of furan rings is 1. The molecular weight excluding hydrogens is 494 g/mol. The van der Waals surface area contributed by atoms with E-state index in [1.54, 1.807) is 25.1 Å². The van der Waals surface area contributed by atoms with Crippen LogP contribution in [0.5, 0.6) is 5.75 Å². The van der Waals surface area contributed by atoms with Crippen molar-refractivity contribution in [3.8, 4) is 17.0 Å². The van der Waals surface area contributed by atoms with E-state index in [-0.39, 0.29) is 17.6 Å². The molecule has 3 aromatic carbocycles. The number of carbonyl (C=O) groups excluding carboxylic acids is 1. The molecule has 0 saturated heterocycles. The number of carbonyl (C=O) groups is 1. The standard InChI is InChI=1S/C31H29N3O3S/c1-19(25-6-4-5-7-26(25)32)20(2)30(35)29-17-23-16-21(8-13-28(23)37-29)18-38-31-33-15-14-27(34-31)22-9-11-24(36-3)12-10-22/h4-17,19-20H,18,32H2,1-3H3. The normalized spacial score (nSPS) is 12.8. The van der Waals surface area contributed by atoms with Crippen LogP contribution in [-0.2, 0) is 5.75 Å². The first kappa shape index (κ1) is 25.5. The first-order valence-electron chi connectivity index (χ1n) is 12.4. The summed E-state index contributed by atoms with van der Waals surface area (Å²) >= 11 is 1.56. The van der Waals surface area contributed by atoms with Crippen LogP contribution in [0, 0.1) is 5.92 Å². The molecule has 0 bridgehead atoms. The summed E-state index contributed by atoms with van der Waals surface area (Å²) < 4.78 is 11.2. The van der Waals surface area contributed by atoms with E-state index in [9.17, 15) is 4.79 Å². The summed E-state index contributed by atoms with van der Waals surface area (Å²) in [7, 11) is 1.65. The van der Waals surface area contributed by atoms with E-state index in [0.29, 0.717) is 27.9 Å². The van der Waals surface area contributed by atoms with Crippen molar-refractivity contribution in [2.45, 2.75) is 30.7 Å². The van der Waals surface area contributed by atoms with Crippen LogP contribution >= 0.6 is 11.8 Å². The number of hydrogen-bond acceptors (Lipinski definition) is 7. The van der Waals surface area contributed by atoms with Gasteiger partial charge >= 0.3 is 0 Å². The fourth-order valence-electron chi connectivity index (χ4n) is 4.43. The van der Waals surface area contributed by atoms with Gasteiger partial charge in [-0.1, -0.05) is 49.9 Å². The van der Waals surface area contributed by atoms with E-state index in [4.69, 9.17) is 19.9 Å². The number of anilines is 1. The van der Waals surface area contributed by atoms with Crippen molar-refractivity contribution in [1.29, 1.82) is 0 Å². The number of ketones is 1. The Morgan fingerprint density at radius 3 is 2.58 bits per heavy atom. The van der Waals surface area contributed by atoms with Crippen molar-refractivity contribution in [3.63, 3.8) is 0 Å². The van der Waals surface area contributed by atoms with Crippen LogP contribution in [0.3, 0.4) is 0 Å². The molecule has 6 nitrogen and oxygen atoms in total. The van der Waals surface area contributed by atoms with Crippen molar-refractivity contribution in [2.75, 3.05) is 12.8 Å². The van der Waals surface area contributed by atoms with Crippen LogP contribution < -0.4 is 10.5 Å². The topological polar surface area (TPSA) is 91.2 Å². The molecule has 2 N–H and O–H groups in total. The van der Waals surface area contributed by atoms with E-state index in [1.165, 1.54) is 0 Å². The molecule has 2 aromatic heterocycles. The molecule has 38 heavy (non-hydrogen) atoms. The number of nitrogens with two attached hydrogens (primary N) is 1. The lowest BCUT2D eigenvalue weighted by Crippen LogP contribution is -2.18. The zero-order valence-corrected chi connectivity index (χ0v) is 22.4. The molecule has 192 valence electrons. The van der Waals surface area contributed by atoms with Crippen LogP contribution in [0.25, 0.3) is 22.2 Å². The Labute approximate surface area is 226 Å². The number of hydrogen-bond donors (Lipinski definition) is 1. The Bertz CT molecular complexity index is 1580. The molecule has 0 fully saturated rings. The van der Waals surface area contributed by atoms with Gasteiger partial charge in [0.05, 0.1) is 12.8 Å². The van der Waals surface area contributed by atoms with Gasteiger partial charge in [-0.15, -0.1) is 0 Å². The van der Waals surface area contributed by atoms with Gasteiger partial charge in [0.2, 0.25) is 5.78 Å². The first-order valence-corrected chi connectivity index (χ1v) is 13.4. The lowest BCUT2D eigenvalue weighted by Gasteiger charge is -2.19. The lowest BCUT2D eigenvalue weighted by molar-refractivity contribution is 0.0889. The maximum Gasteiger partial charge on any atom is 0.201 e. The third-order valence-electron chi connectivity index (χ3n) is 6.86. The maximum atomic E-state index is 13.3. The summed E-state index contributed by atoms with van der Waals surface area (Å²) in [4.78, 5) is 22.4. The molecule has 2 unspecified atom stereocenters. The van der Waals surface area contributed by atoms with Gasteiger partial charge in [0.15, 0.2) is 10.9 Å². The second-order valence-electron chi connectivity index (χ2n) is 9.29. The summed E-state index contributed by atoms with van der Waals surface area (Å²) in [5.74, 6) is 1.53. The first-order chi connectivity index (χ1) is 18.4. The molecule has 0 aliphatic rings. The Kier molecular flexibility index (Phi) is 7.47. The van der Waals surface area contributed by atoms with Gasteiger partial charge in [-0.25, -0.2) is 9.97 Å². The number of para-hydroxylation sites is 1. The van der Waals surface area contributed by atoms with Gasteiger partial charge in [0, 0.05) is 34.5 Å². The number of aromatic nitrogens is 2. The van der Waals surface area contributed by atoms with Crippen molar-refractivity contribution in [2.24, 2.45) is 5.92 Å². The van der Waals surface area contributed by atoms with Crippen molar-refractivity contribution in [3.05, 3.63) is 102 Å². The number of methoxy groups -OCH3 is 1. The van der Waals surface area contributed by atoms with E-state index < -0.39 is 0 Å². The fraction of sp³-hybridized carbons (Fsp3) is 0.194. The predicted molar refractivity (Wildman–Crippen MR) is 153 cm³/mol. The summed E-state index contributed by atoms with van der Waals surface area (Å²) in [6, 6.07) is 25.2. The molecule has 0 aliphatic carbocycles. The van der Waals surface area contributed by atoms with Crippen molar-refractivity contribution >= 4 is 34.2 Å².